The van der Waals surface area contributed by atoms with E-state index < -0.39 is 0 Å². The van der Waals surface area contributed by atoms with E-state index in [1.165, 1.54) is 23.9 Å². The average molecular weight is 368 g/mol. The lowest BCUT2D eigenvalue weighted by Crippen LogP contribution is -2.28. The Morgan fingerprint density at radius 3 is 2.33 bits per heavy atom. The highest BCUT2D eigenvalue weighted by atomic mass is 19.1. The molecule has 3 rings (SSSR count). The van der Waals surface area contributed by atoms with Gasteiger partial charge in [0.25, 0.3) is 0 Å². The SMILES string of the molecule is CC(C)CN(Cc1cccc(F)c1)Cc1cccn1Cc1ccc(F)cc1. The average Bonchev–Trinajstić information content (AvgIpc) is 3.03. The molecule has 1 heterocycles. The van der Waals surface area contributed by atoms with Crippen molar-refractivity contribution in [2.75, 3.05) is 6.54 Å². The van der Waals surface area contributed by atoms with Crippen molar-refractivity contribution in [2.24, 2.45) is 5.92 Å². The number of hydrogen-bond donors (Lipinski definition) is 0. The molecule has 0 amide bonds. The van der Waals surface area contributed by atoms with E-state index in [2.05, 4.69) is 35.6 Å². The summed E-state index contributed by atoms with van der Waals surface area (Å²) in [5.41, 5.74) is 3.23. The highest BCUT2D eigenvalue weighted by Gasteiger charge is 2.12. The molecule has 4 heteroatoms. The molecule has 0 radical (unpaired) electrons. The fourth-order valence-corrected chi connectivity index (χ4v) is 3.36. The topological polar surface area (TPSA) is 8.17 Å². The molecule has 3 aromatic rings. The Morgan fingerprint density at radius 2 is 1.63 bits per heavy atom. The van der Waals surface area contributed by atoms with Crippen molar-refractivity contribution in [1.29, 1.82) is 0 Å². The lowest BCUT2D eigenvalue weighted by atomic mass is 10.1. The molecule has 2 nitrogen and oxygen atoms in total. The second kappa shape index (κ2) is 8.96. The van der Waals surface area contributed by atoms with E-state index in [0.29, 0.717) is 19.0 Å². The Morgan fingerprint density at radius 1 is 0.852 bits per heavy atom. The van der Waals surface area contributed by atoms with Gasteiger partial charge in [-0.05, 0) is 53.4 Å². The van der Waals surface area contributed by atoms with Gasteiger partial charge in [0.15, 0.2) is 0 Å². The third kappa shape index (κ3) is 5.76. The van der Waals surface area contributed by atoms with Gasteiger partial charge in [-0.25, -0.2) is 8.78 Å². The zero-order valence-electron chi connectivity index (χ0n) is 15.9. The van der Waals surface area contributed by atoms with Gasteiger partial charge in [-0.1, -0.05) is 38.1 Å². The second-order valence-corrected chi connectivity index (χ2v) is 7.45. The van der Waals surface area contributed by atoms with Crippen molar-refractivity contribution in [1.82, 2.24) is 9.47 Å². The molecule has 0 aliphatic carbocycles. The van der Waals surface area contributed by atoms with Crippen LogP contribution in [0.4, 0.5) is 8.78 Å². The molecule has 0 saturated carbocycles. The first kappa shape index (κ1) is 19.3. The first-order valence-corrected chi connectivity index (χ1v) is 9.35. The molecule has 27 heavy (non-hydrogen) atoms. The molecule has 2 aromatic carbocycles. The van der Waals surface area contributed by atoms with Crippen molar-refractivity contribution in [2.45, 2.75) is 33.5 Å². The van der Waals surface area contributed by atoms with E-state index >= 15 is 0 Å². The predicted molar refractivity (Wildman–Crippen MR) is 105 cm³/mol. The molecule has 0 bridgehead atoms. The Labute approximate surface area is 160 Å². The van der Waals surface area contributed by atoms with Gasteiger partial charge in [0, 0.05) is 38.1 Å². The lowest BCUT2D eigenvalue weighted by molar-refractivity contribution is 0.222. The molecule has 0 aliphatic rings. The molecular formula is C23H26F2N2. The van der Waals surface area contributed by atoms with Crippen LogP contribution in [-0.2, 0) is 19.6 Å². The summed E-state index contributed by atoms with van der Waals surface area (Å²) in [6.07, 6.45) is 2.05. The Kier molecular flexibility index (Phi) is 6.40. The van der Waals surface area contributed by atoms with Crippen LogP contribution in [0.1, 0.15) is 30.7 Å². The van der Waals surface area contributed by atoms with Crippen molar-refractivity contribution in [3.63, 3.8) is 0 Å². The molecule has 0 N–H and O–H groups in total. The summed E-state index contributed by atoms with van der Waals surface area (Å²) in [6.45, 7) is 7.50. The molecule has 0 atom stereocenters. The van der Waals surface area contributed by atoms with E-state index in [1.807, 2.05) is 24.3 Å². The number of nitrogens with zero attached hydrogens (tertiary/aromatic N) is 2. The van der Waals surface area contributed by atoms with Crippen molar-refractivity contribution in [3.8, 4) is 0 Å². The summed E-state index contributed by atoms with van der Waals surface area (Å²) in [5, 5.41) is 0. The highest BCUT2D eigenvalue weighted by Crippen LogP contribution is 2.15. The van der Waals surface area contributed by atoms with Gasteiger partial charge in [-0.3, -0.25) is 4.90 Å². The number of halogens is 2. The first-order chi connectivity index (χ1) is 13.0. The smallest absolute Gasteiger partial charge is 0.123 e. The quantitative estimate of drug-likeness (QED) is 0.512. The largest absolute Gasteiger partial charge is 0.346 e. The minimum absolute atomic E-state index is 0.198. The van der Waals surface area contributed by atoms with Crippen LogP contribution < -0.4 is 0 Å². The number of benzene rings is 2. The van der Waals surface area contributed by atoms with E-state index in [1.54, 1.807) is 12.1 Å². The van der Waals surface area contributed by atoms with E-state index in [-0.39, 0.29) is 11.6 Å². The van der Waals surface area contributed by atoms with Gasteiger partial charge in [-0.2, -0.15) is 0 Å². The maximum Gasteiger partial charge on any atom is 0.123 e. The lowest BCUT2D eigenvalue weighted by Gasteiger charge is -2.25. The fourth-order valence-electron chi connectivity index (χ4n) is 3.36. The predicted octanol–water partition coefficient (Wildman–Crippen LogP) is 5.47. The zero-order valence-corrected chi connectivity index (χ0v) is 15.9. The molecule has 0 saturated heterocycles. The summed E-state index contributed by atoms with van der Waals surface area (Å²) in [7, 11) is 0. The van der Waals surface area contributed by atoms with E-state index in [9.17, 15) is 8.78 Å². The summed E-state index contributed by atoms with van der Waals surface area (Å²) in [6, 6.07) is 17.6. The maximum absolute atomic E-state index is 13.5. The van der Waals surface area contributed by atoms with Gasteiger partial charge < -0.3 is 4.57 Å². The summed E-state index contributed by atoms with van der Waals surface area (Å²) in [5.74, 6) is 0.0976. The van der Waals surface area contributed by atoms with Gasteiger partial charge in [0.1, 0.15) is 11.6 Å². The third-order valence-corrected chi connectivity index (χ3v) is 4.49. The monoisotopic (exact) mass is 368 g/mol. The maximum atomic E-state index is 13.5. The van der Waals surface area contributed by atoms with Gasteiger partial charge >= 0.3 is 0 Å². The van der Waals surface area contributed by atoms with Crippen molar-refractivity contribution < 1.29 is 8.78 Å². The summed E-state index contributed by atoms with van der Waals surface area (Å²) in [4.78, 5) is 2.34. The van der Waals surface area contributed by atoms with Gasteiger partial charge in [0.2, 0.25) is 0 Å². The van der Waals surface area contributed by atoms with E-state index in [0.717, 1.165) is 24.2 Å². The highest BCUT2D eigenvalue weighted by molar-refractivity contribution is 5.19. The number of aromatic nitrogens is 1. The second-order valence-electron chi connectivity index (χ2n) is 7.45. The van der Waals surface area contributed by atoms with Crippen LogP contribution in [0.3, 0.4) is 0 Å². The van der Waals surface area contributed by atoms with Gasteiger partial charge in [-0.15, -0.1) is 0 Å². The Bertz CT molecular complexity index is 853. The molecule has 0 unspecified atom stereocenters. The van der Waals surface area contributed by atoms with Crippen molar-refractivity contribution in [3.05, 3.63) is 95.3 Å². The summed E-state index contributed by atoms with van der Waals surface area (Å²) >= 11 is 0. The van der Waals surface area contributed by atoms with Crippen LogP contribution in [-0.4, -0.2) is 16.0 Å². The fraction of sp³-hybridized carbons (Fsp3) is 0.304. The van der Waals surface area contributed by atoms with Crippen LogP contribution in [0.25, 0.3) is 0 Å². The van der Waals surface area contributed by atoms with Crippen molar-refractivity contribution >= 4 is 0 Å². The molecule has 142 valence electrons. The molecule has 0 spiro atoms. The molecule has 0 fully saturated rings. The number of rotatable bonds is 8. The van der Waals surface area contributed by atoms with E-state index in [4.69, 9.17) is 0 Å². The minimum Gasteiger partial charge on any atom is -0.346 e. The van der Waals surface area contributed by atoms with Crippen LogP contribution in [0.15, 0.2) is 66.9 Å². The van der Waals surface area contributed by atoms with Crippen LogP contribution in [0.2, 0.25) is 0 Å². The third-order valence-electron chi connectivity index (χ3n) is 4.49. The Hall–Kier alpha value is -2.46. The molecule has 0 aliphatic heterocycles. The van der Waals surface area contributed by atoms with Gasteiger partial charge in [0.05, 0.1) is 0 Å². The molecular weight excluding hydrogens is 342 g/mol. The summed E-state index contributed by atoms with van der Waals surface area (Å²) < 4.78 is 28.9. The zero-order chi connectivity index (χ0) is 19.2. The molecule has 1 aromatic heterocycles. The minimum atomic E-state index is -0.218. The normalized spacial score (nSPS) is 11.5. The van der Waals surface area contributed by atoms with Crippen LogP contribution >= 0.6 is 0 Å². The number of hydrogen-bond acceptors (Lipinski definition) is 1. The first-order valence-electron chi connectivity index (χ1n) is 9.35. The Balaban J connectivity index is 1.74. The standard InChI is InChI=1S/C23H26F2N2/c1-18(2)14-26(15-20-5-3-6-22(25)13-20)17-23-7-4-12-27(23)16-19-8-10-21(24)11-9-19/h3-13,18H,14-17H2,1-2H3. The van der Waals surface area contributed by atoms with Crippen LogP contribution in [0.5, 0.6) is 0 Å². The van der Waals surface area contributed by atoms with Crippen LogP contribution in [0, 0.1) is 17.6 Å².